The molecule has 0 spiro atoms. The molecule has 2 radical (unpaired) electrons. The Labute approximate surface area is 91.5 Å². The van der Waals surface area contributed by atoms with Crippen LogP contribution in [0.4, 0.5) is 0 Å². The van der Waals surface area contributed by atoms with Gasteiger partial charge in [-0.1, -0.05) is 84.5 Å². The summed E-state index contributed by atoms with van der Waals surface area (Å²) in [7, 11) is 0. The molecule has 14 heavy (non-hydrogen) atoms. The maximum atomic E-state index is 3.86. The summed E-state index contributed by atoms with van der Waals surface area (Å²) in [5.41, 5.74) is 0. The van der Waals surface area contributed by atoms with Crippen LogP contribution in [-0.2, 0) is 0 Å². The molecule has 0 N–H and O–H groups in total. The van der Waals surface area contributed by atoms with Crippen molar-refractivity contribution in [3.05, 3.63) is 13.3 Å². The number of hydrogen-bond donors (Lipinski definition) is 0. The van der Waals surface area contributed by atoms with Crippen molar-refractivity contribution >= 4 is 0 Å². The van der Waals surface area contributed by atoms with E-state index in [2.05, 4.69) is 20.3 Å². The average molecular weight is 196 g/mol. The fourth-order valence-electron chi connectivity index (χ4n) is 1.68. The Morgan fingerprint density at radius 1 is 0.786 bits per heavy atom. The van der Waals surface area contributed by atoms with Crippen LogP contribution in [0.3, 0.4) is 0 Å². The van der Waals surface area contributed by atoms with Crippen molar-refractivity contribution in [3.8, 4) is 0 Å². The summed E-state index contributed by atoms with van der Waals surface area (Å²) in [6.45, 7) is 6.12. The van der Waals surface area contributed by atoms with Gasteiger partial charge in [-0.2, -0.15) is 0 Å². The molecule has 84 valence electrons. The van der Waals surface area contributed by atoms with Crippen LogP contribution in [0.5, 0.6) is 0 Å². The van der Waals surface area contributed by atoms with Gasteiger partial charge in [-0.25, -0.2) is 0 Å². The molecule has 0 heterocycles. The highest BCUT2D eigenvalue weighted by Gasteiger charge is 1.91. The van der Waals surface area contributed by atoms with E-state index in [1.807, 2.05) is 0 Å². The standard InChI is InChI=1S/C14H28/c1-3-5-7-9-11-13-14-12-10-8-6-4-2/h12H,1,3-11,13-14H2,2H3. The van der Waals surface area contributed by atoms with Gasteiger partial charge < -0.3 is 0 Å². The first-order valence-corrected chi connectivity index (χ1v) is 6.52. The molecule has 0 aromatic rings. The molecule has 0 aromatic heterocycles. The molecule has 0 aliphatic rings. The highest BCUT2D eigenvalue weighted by molar-refractivity contribution is 4.64. The second-order valence-corrected chi connectivity index (χ2v) is 4.19. The summed E-state index contributed by atoms with van der Waals surface area (Å²) >= 11 is 0. The van der Waals surface area contributed by atoms with E-state index < -0.39 is 0 Å². The van der Waals surface area contributed by atoms with Crippen LogP contribution in [0.25, 0.3) is 0 Å². The number of rotatable bonds is 11. The molecule has 0 amide bonds. The van der Waals surface area contributed by atoms with Crippen LogP contribution in [-0.4, -0.2) is 0 Å². The molecule has 0 heteroatoms. The summed E-state index contributed by atoms with van der Waals surface area (Å²) < 4.78 is 0. The molecular formula is C14H28. The predicted molar refractivity (Wildman–Crippen MR) is 66.1 cm³/mol. The van der Waals surface area contributed by atoms with Gasteiger partial charge in [0.1, 0.15) is 0 Å². The highest BCUT2D eigenvalue weighted by atomic mass is 14.0. The molecule has 0 aliphatic heterocycles. The first-order valence-electron chi connectivity index (χ1n) is 6.52. The Kier molecular flexibility index (Phi) is 13.0. The van der Waals surface area contributed by atoms with Crippen LogP contribution >= 0.6 is 0 Å². The zero-order valence-corrected chi connectivity index (χ0v) is 10.1. The molecule has 0 unspecified atom stereocenters. The first kappa shape index (κ1) is 14.0. The zero-order chi connectivity index (χ0) is 10.5. The van der Waals surface area contributed by atoms with Gasteiger partial charge >= 0.3 is 0 Å². The van der Waals surface area contributed by atoms with Gasteiger partial charge in [-0.05, 0) is 6.42 Å². The van der Waals surface area contributed by atoms with Crippen molar-refractivity contribution in [1.29, 1.82) is 0 Å². The molecule has 0 nitrogen and oxygen atoms in total. The summed E-state index contributed by atoms with van der Waals surface area (Å²) in [6.07, 6.45) is 17.4. The minimum atomic E-state index is 1.11. The Morgan fingerprint density at radius 2 is 1.36 bits per heavy atom. The van der Waals surface area contributed by atoms with E-state index in [1.165, 1.54) is 64.2 Å². The molecule has 0 atom stereocenters. The van der Waals surface area contributed by atoms with Crippen molar-refractivity contribution < 1.29 is 0 Å². The summed E-state index contributed by atoms with van der Waals surface area (Å²) in [4.78, 5) is 0. The van der Waals surface area contributed by atoms with E-state index >= 15 is 0 Å². The van der Waals surface area contributed by atoms with E-state index in [4.69, 9.17) is 0 Å². The van der Waals surface area contributed by atoms with Gasteiger partial charge in [0.15, 0.2) is 0 Å². The smallest absolute Gasteiger partial charge is 0.0386 e. The van der Waals surface area contributed by atoms with Crippen molar-refractivity contribution in [3.63, 3.8) is 0 Å². The maximum Gasteiger partial charge on any atom is -0.0386 e. The lowest BCUT2D eigenvalue weighted by atomic mass is 10.1. The minimum absolute atomic E-state index is 1.11. The van der Waals surface area contributed by atoms with Gasteiger partial charge in [0, 0.05) is 0 Å². The first-order chi connectivity index (χ1) is 6.91. The Morgan fingerprint density at radius 3 is 2.00 bits per heavy atom. The fourth-order valence-corrected chi connectivity index (χ4v) is 1.68. The van der Waals surface area contributed by atoms with Gasteiger partial charge in [0.05, 0.1) is 0 Å². The molecule has 0 aliphatic carbocycles. The van der Waals surface area contributed by atoms with Gasteiger partial charge in [-0.3, -0.25) is 0 Å². The quantitative estimate of drug-likeness (QED) is 0.391. The van der Waals surface area contributed by atoms with E-state index in [-0.39, 0.29) is 0 Å². The summed E-state index contributed by atoms with van der Waals surface area (Å²) in [5, 5.41) is 0. The van der Waals surface area contributed by atoms with Gasteiger partial charge in [0.25, 0.3) is 0 Å². The monoisotopic (exact) mass is 196 g/mol. The van der Waals surface area contributed by atoms with Gasteiger partial charge in [0.2, 0.25) is 0 Å². The second-order valence-electron chi connectivity index (χ2n) is 4.19. The molecule has 0 bridgehead atoms. The van der Waals surface area contributed by atoms with E-state index in [1.54, 1.807) is 0 Å². The molecule has 0 saturated carbocycles. The maximum absolute atomic E-state index is 3.86. The minimum Gasteiger partial charge on any atom is -0.0654 e. The Balaban J connectivity index is 2.78. The largest absolute Gasteiger partial charge is 0.0654 e. The molecule has 0 aromatic carbocycles. The third kappa shape index (κ3) is 12.0. The lowest BCUT2D eigenvalue weighted by Gasteiger charge is -2.01. The molecule has 0 saturated heterocycles. The highest BCUT2D eigenvalue weighted by Crippen LogP contribution is 2.10. The van der Waals surface area contributed by atoms with Crippen molar-refractivity contribution in [2.75, 3.05) is 0 Å². The average Bonchev–Trinajstić information content (AvgIpc) is 2.21. The zero-order valence-electron chi connectivity index (χ0n) is 10.1. The lowest BCUT2D eigenvalue weighted by Crippen LogP contribution is -1.82. The molecular weight excluding hydrogens is 168 g/mol. The van der Waals surface area contributed by atoms with Crippen LogP contribution < -0.4 is 0 Å². The Bertz CT molecular complexity index is 74.0. The van der Waals surface area contributed by atoms with Crippen LogP contribution in [0, 0.1) is 13.3 Å². The third-order valence-corrected chi connectivity index (χ3v) is 2.67. The lowest BCUT2D eigenvalue weighted by molar-refractivity contribution is 0.602. The summed E-state index contributed by atoms with van der Waals surface area (Å²) in [6, 6.07) is 0. The predicted octanol–water partition coefficient (Wildman–Crippen LogP) is 5.34. The normalized spacial score (nSPS) is 10.7. The van der Waals surface area contributed by atoms with E-state index in [0.29, 0.717) is 0 Å². The SMILES string of the molecule is [CH2]CCCCCCC[CH]CCCCC. The summed E-state index contributed by atoms with van der Waals surface area (Å²) in [5.74, 6) is 0. The number of unbranched alkanes of at least 4 members (excludes halogenated alkanes) is 11. The van der Waals surface area contributed by atoms with Crippen LogP contribution in [0.1, 0.15) is 77.6 Å². The number of hydrogen-bond acceptors (Lipinski definition) is 0. The van der Waals surface area contributed by atoms with Crippen LogP contribution in [0.2, 0.25) is 0 Å². The Hall–Kier alpha value is 0. The molecule has 0 fully saturated rings. The fraction of sp³-hybridized carbons (Fsp3) is 0.857. The topological polar surface area (TPSA) is 0 Å². The second kappa shape index (κ2) is 13.0. The van der Waals surface area contributed by atoms with Crippen molar-refractivity contribution in [2.24, 2.45) is 0 Å². The van der Waals surface area contributed by atoms with E-state index in [0.717, 1.165) is 6.42 Å². The van der Waals surface area contributed by atoms with Crippen molar-refractivity contribution in [1.82, 2.24) is 0 Å². The van der Waals surface area contributed by atoms with Crippen molar-refractivity contribution in [2.45, 2.75) is 77.6 Å². The third-order valence-electron chi connectivity index (χ3n) is 2.67. The van der Waals surface area contributed by atoms with Gasteiger partial charge in [-0.15, -0.1) is 0 Å². The molecule has 0 rings (SSSR count). The van der Waals surface area contributed by atoms with E-state index in [9.17, 15) is 0 Å². The van der Waals surface area contributed by atoms with Crippen LogP contribution in [0.15, 0.2) is 0 Å².